The van der Waals surface area contributed by atoms with Crippen molar-refractivity contribution in [2.24, 2.45) is 0 Å². The highest BCUT2D eigenvalue weighted by atomic mass is 35.5. The molecule has 0 aliphatic heterocycles. The van der Waals surface area contributed by atoms with E-state index in [2.05, 4.69) is 114 Å². The molecule has 1 nitrogen and oxygen atoms in total. The molecule has 0 spiro atoms. The highest BCUT2D eigenvalue weighted by molar-refractivity contribution is 7.26. The van der Waals surface area contributed by atoms with E-state index >= 15 is 0 Å². The molecule has 0 bridgehead atoms. The van der Waals surface area contributed by atoms with Crippen LogP contribution in [0.15, 0.2) is 127 Å². The van der Waals surface area contributed by atoms with Gasteiger partial charge in [-0.3, -0.25) is 0 Å². The van der Waals surface area contributed by atoms with Crippen LogP contribution in [-0.2, 0) is 0 Å². The van der Waals surface area contributed by atoms with Crippen LogP contribution < -0.4 is 4.90 Å². The van der Waals surface area contributed by atoms with E-state index in [4.69, 9.17) is 23.2 Å². The van der Waals surface area contributed by atoms with Gasteiger partial charge in [-0.05, 0) is 90.0 Å². The predicted molar refractivity (Wildman–Crippen MR) is 182 cm³/mol. The summed E-state index contributed by atoms with van der Waals surface area (Å²) in [6.45, 7) is 0. The summed E-state index contributed by atoms with van der Waals surface area (Å²) in [7, 11) is 0. The lowest BCUT2D eigenvalue weighted by atomic mass is 10.0. The number of benzene rings is 6. The molecule has 0 saturated heterocycles. The smallest absolute Gasteiger partial charge is 0.0468 e. The molecule has 196 valence electrons. The first kappa shape index (κ1) is 24.9. The number of para-hydroxylation sites is 1. The van der Waals surface area contributed by atoms with Gasteiger partial charge in [-0.1, -0.05) is 71.7 Å². The molecule has 0 saturated carbocycles. The van der Waals surface area contributed by atoms with Crippen LogP contribution in [-0.4, -0.2) is 0 Å². The third-order valence-corrected chi connectivity index (χ3v) is 10.3. The van der Waals surface area contributed by atoms with Crippen LogP contribution in [0, 0.1) is 0 Å². The van der Waals surface area contributed by atoms with E-state index in [1.54, 1.807) is 6.07 Å². The van der Waals surface area contributed by atoms with E-state index in [1.807, 2.05) is 34.8 Å². The minimum absolute atomic E-state index is 0.642. The van der Waals surface area contributed by atoms with Crippen molar-refractivity contribution in [2.45, 2.75) is 0 Å². The first-order valence-electron chi connectivity index (χ1n) is 13.3. The molecule has 0 radical (unpaired) electrons. The highest BCUT2D eigenvalue weighted by Crippen LogP contribution is 2.43. The van der Waals surface area contributed by atoms with Crippen molar-refractivity contribution in [1.29, 1.82) is 0 Å². The number of fused-ring (bicyclic) bond motifs is 6. The Bertz CT molecular complexity index is 2230. The van der Waals surface area contributed by atoms with E-state index in [1.165, 1.54) is 40.3 Å². The molecule has 8 aromatic rings. The fraction of sp³-hybridized carbons (Fsp3) is 0. The summed E-state index contributed by atoms with van der Waals surface area (Å²) < 4.78 is 5.12. The molecule has 5 heteroatoms. The Kier molecular flexibility index (Phi) is 6.01. The Balaban J connectivity index is 1.29. The fourth-order valence-electron chi connectivity index (χ4n) is 5.68. The Hall–Kier alpha value is -3.86. The van der Waals surface area contributed by atoms with Crippen LogP contribution in [0.4, 0.5) is 17.1 Å². The Labute approximate surface area is 255 Å². The third-order valence-electron chi connectivity index (χ3n) is 7.54. The maximum absolute atomic E-state index is 6.30. The van der Waals surface area contributed by atoms with E-state index < -0.39 is 0 Å². The van der Waals surface area contributed by atoms with Crippen LogP contribution >= 0.6 is 45.9 Å². The summed E-state index contributed by atoms with van der Waals surface area (Å²) in [4.78, 5) is 2.36. The SMILES string of the molecule is Clc1cc(Cl)cc(-c2ccc3c(c2)sc2ccc(N(c4ccccc4)c4ccc5sc6ccccc6c5c4)cc23)c1. The summed E-state index contributed by atoms with van der Waals surface area (Å²) in [6, 6.07) is 45.2. The van der Waals surface area contributed by atoms with Gasteiger partial charge in [-0.2, -0.15) is 0 Å². The minimum atomic E-state index is 0.642. The van der Waals surface area contributed by atoms with Gasteiger partial charge in [0.25, 0.3) is 0 Å². The van der Waals surface area contributed by atoms with Gasteiger partial charge < -0.3 is 4.90 Å². The summed E-state index contributed by atoms with van der Waals surface area (Å²) in [6.07, 6.45) is 0. The average Bonchev–Trinajstić information content (AvgIpc) is 3.55. The molecule has 0 amide bonds. The van der Waals surface area contributed by atoms with Crippen molar-refractivity contribution >= 4 is 103 Å². The molecule has 8 rings (SSSR count). The standard InChI is InChI=1S/C36H21Cl2NS2/c37-24-16-23(17-25(38)19-24)22-10-13-30-32-21-28(12-15-35(32)41-36(30)18-22)39(26-6-2-1-3-7-26)27-11-14-34-31(20-27)29-8-4-5-9-33(29)40-34/h1-21H. The molecule has 0 fully saturated rings. The molecular weight excluding hydrogens is 581 g/mol. The van der Waals surface area contributed by atoms with Gasteiger partial charge in [0.1, 0.15) is 0 Å². The van der Waals surface area contributed by atoms with Crippen molar-refractivity contribution in [2.75, 3.05) is 4.90 Å². The van der Waals surface area contributed by atoms with Crippen LogP contribution in [0.25, 0.3) is 51.5 Å². The lowest BCUT2D eigenvalue weighted by Gasteiger charge is -2.25. The zero-order valence-electron chi connectivity index (χ0n) is 21.6. The van der Waals surface area contributed by atoms with Gasteiger partial charge in [0.15, 0.2) is 0 Å². The van der Waals surface area contributed by atoms with Crippen LogP contribution in [0.2, 0.25) is 10.0 Å². The maximum atomic E-state index is 6.30. The number of halogens is 2. The number of anilines is 3. The van der Waals surface area contributed by atoms with Gasteiger partial charge in [0.2, 0.25) is 0 Å². The summed E-state index contributed by atoms with van der Waals surface area (Å²) in [5.74, 6) is 0. The van der Waals surface area contributed by atoms with Gasteiger partial charge in [0.05, 0.1) is 0 Å². The molecule has 0 aliphatic rings. The Morgan fingerprint density at radius 2 is 0.976 bits per heavy atom. The molecular formula is C36H21Cl2NS2. The molecule has 0 atom stereocenters. The second-order valence-corrected chi connectivity index (χ2v) is 13.1. The zero-order chi connectivity index (χ0) is 27.5. The first-order chi connectivity index (χ1) is 20.1. The van der Waals surface area contributed by atoms with Gasteiger partial charge in [-0.25, -0.2) is 0 Å². The van der Waals surface area contributed by atoms with Crippen molar-refractivity contribution in [3.8, 4) is 11.1 Å². The molecule has 0 aliphatic carbocycles. The number of hydrogen-bond acceptors (Lipinski definition) is 3. The topological polar surface area (TPSA) is 3.24 Å². The summed E-state index contributed by atoms with van der Waals surface area (Å²) in [5, 5.41) is 6.38. The van der Waals surface area contributed by atoms with E-state index in [9.17, 15) is 0 Å². The molecule has 41 heavy (non-hydrogen) atoms. The van der Waals surface area contributed by atoms with Crippen LogP contribution in [0.5, 0.6) is 0 Å². The normalized spacial score (nSPS) is 11.7. The van der Waals surface area contributed by atoms with Gasteiger partial charge in [0, 0.05) is 67.5 Å². The van der Waals surface area contributed by atoms with Gasteiger partial charge in [-0.15, -0.1) is 22.7 Å². The van der Waals surface area contributed by atoms with Crippen molar-refractivity contribution in [3.05, 3.63) is 137 Å². The molecule has 2 heterocycles. The minimum Gasteiger partial charge on any atom is -0.310 e. The fourth-order valence-corrected chi connectivity index (χ4v) is 8.42. The number of thiophene rings is 2. The van der Waals surface area contributed by atoms with Crippen molar-refractivity contribution in [1.82, 2.24) is 0 Å². The predicted octanol–water partition coefficient (Wildman–Crippen LogP) is 12.9. The van der Waals surface area contributed by atoms with E-state index in [0.29, 0.717) is 10.0 Å². The third kappa shape index (κ3) is 4.37. The molecule has 0 unspecified atom stereocenters. The number of nitrogens with zero attached hydrogens (tertiary/aromatic N) is 1. The summed E-state index contributed by atoms with van der Waals surface area (Å²) >= 11 is 16.3. The Morgan fingerprint density at radius 3 is 1.68 bits per heavy atom. The van der Waals surface area contributed by atoms with Crippen molar-refractivity contribution < 1.29 is 0 Å². The number of hydrogen-bond donors (Lipinski definition) is 0. The van der Waals surface area contributed by atoms with Crippen LogP contribution in [0.1, 0.15) is 0 Å². The Morgan fingerprint density at radius 1 is 0.390 bits per heavy atom. The maximum Gasteiger partial charge on any atom is 0.0468 e. The zero-order valence-corrected chi connectivity index (χ0v) is 24.8. The van der Waals surface area contributed by atoms with E-state index in [-0.39, 0.29) is 0 Å². The highest BCUT2D eigenvalue weighted by Gasteiger charge is 2.17. The molecule has 6 aromatic carbocycles. The molecule has 0 N–H and O–H groups in total. The molecule has 2 aromatic heterocycles. The second-order valence-electron chi connectivity index (χ2n) is 10.1. The van der Waals surface area contributed by atoms with Gasteiger partial charge >= 0.3 is 0 Å². The average molecular weight is 603 g/mol. The second kappa shape index (κ2) is 9.90. The lowest BCUT2D eigenvalue weighted by Crippen LogP contribution is -2.09. The number of rotatable bonds is 4. The van der Waals surface area contributed by atoms with E-state index in [0.717, 1.165) is 28.2 Å². The monoisotopic (exact) mass is 601 g/mol. The quantitative estimate of drug-likeness (QED) is 0.194. The summed E-state index contributed by atoms with van der Waals surface area (Å²) in [5.41, 5.74) is 5.54. The largest absolute Gasteiger partial charge is 0.310 e. The lowest BCUT2D eigenvalue weighted by molar-refractivity contribution is 1.30. The van der Waals surface area contributed by atoms with Crippen molar-refractivity contribution in [3.63, 3.8) is 0 Å². The van der Waals surface area contributed by atoms with Crippen LogP contribution in [0.3, 0.4) is 0 Å². The first-order valence-corrected chi connectivity index (χ1v) is 15.7.